The van der Waals surface area contributed by atoms with Crippen LogP contribution in [0.3, 0.4) is 0 Å². The van der Waals surface area contributed by atoms with E-state index in [9.17, 15) is 4.91 Å². The van der Waals surface area contributed by atoms with Gasteiger partial charge in [-0.25, -0.2) is 0 Å². The zero-order chi connectivity index (χ0) is 14.7. The summed E-state index contributed by atoms with van der Waals surface area (Å²) in [5.74, 6) is 0. The Morgan fingerprint density at radius 1 is 0.850 bits per heavy atom. The van der Waals surface area contributed by atoms with Crippen LogP contribution in [0.4, 0.5) is 0 Å². The fourth-order valence-corrected chi connectivity index (χ4v) is 2.34. The summed E-state index contributed by atoms with van der Waals surface area (Å²) in [7, 11) is 0. The number of rotatable bonds is 4. The number of hydrogen-bond donors (Lipinski definition) is 0. The van der Waals surface area contributed by atoms with Crippen molar-refractivity contribution >= 4 is 0 Å². The van der Waals surface area contributed by atoms with Crippen LogP contribution in [0.25, 0.3) is 0 Å². The Hall–Kier alpha value is -1.96. The lowest BCUT2D eigenvalue weighted by Crippen LogP contribution is -2.01. The van der Waals surface area contributed by atoms with Crippen LogP contribution in [0.15, 0.2) is 41.6 Å². The molecule has 0 aliphatic rings. The minimum Gasteiger partial charge on any atom is -0.150 e. The summed E-state index contributed by atoms with van der Waals surface area (Å²) in [6.45, 7) is 8.33. The van der Waals surface area contributed by atoms with Crippen LogP contribution in [-0.4, -0.2) is 0 Å². The zero-order valence-corrected chi connectivity index (χ0v) is 12.6. The molecule has 1 atom stereocenters. The second kappa shape index (κ2) is 6.00. The average Bonchev–Trinajstić information content (AvgIpc) is 2.43. The lowest BCUT2D eigenvalue weighted by atomic mass is 9.95. The molecular weight excluding hydrogens is 246 g/mol. The molecule has 2 aromatic carbocycles. The summed E-state index contributed by atoms with van der Waals surface area (Å²) < 4.78 is 0. The molecule has 0 radical (unpaired) electrons. The van der Waals surface area contributed by atoms with Crippen LogP contribution in [0.1, 0.15) is 39.4 Å². The molecule has 20 heavy (non-hydrogen) atoms. The van der Waals surface area contributed by atoms with E-state index in [1.54, 1.807) is 0 Å². The molecule has 0 aliphatic heterocycles. The summed E-state index contributed by atoms with van der Waals surface area (Å²) in [5, 5.41) is 3.33. The number of nitrogens with zero attached hydrogens (tertiary/aromatic N) is 1. The van der Waals surface area contributed by atoms with Crippen molar-refractivity contribution in [3.63, 3.8) is 0 Å². The molecule has 0 N–H and O–H groups in total. The van der Waals surface area contributed by atoms with Crippen LogP contribution < -0.4 is 0 Å². The van der Waals surface area contributed by atoms with E-state index in [0.717, 1.165) is 11.1 Å². The van der Waals surface area contributed by atoms with Gasteiger partial charge in [0, 0.05) is 6.42 Å². The van der Waals surface area contributed by atoms with E-state index in [1.807, 2.05) is 6.07 Å². The van der Waals surface area contributed by atoms with E-state index in [4.69, 9.17) is 0 Å². The molecule has 0 fully saturated rings. The number of benzene rings is 2. The second-order valence-electron chi connectivity index (χ2n) is 5.59. The minimum absolute atomic E-state index is 0.309. The summed E-state index contributed by atoms with van der Waals surface area (Å²) >= 11 is 0. The Labute approximate surface area is 120 Å². The third-order valence-electron chi connectivity index (χ3n) is 4.04. The molecule has 0 spiro atoms. The minimum atomic E-state index is -0.309. The van der Waals surface area contributed by atoms with Crippen LogP contribution in [0.5, 0.6) is 0 Å². The van der Waals surface area contributed by atoms with Gasteiger partial charge in [-0.2, -0.15) is 4.91 Å². The van der Waals surface area contributed by atoms with Gasteiger partial charge in [0.05, 0.1) is 0 Å². The summed E-state index contributed by atoms with van der Waals surface area (Å²) in [4.78, 5) is 11.2. The zero-order valence-electron chi connectivity index (χ0n) is 12.6. The van der Waals surface area contributed by atoms with E-state index in [1.165, 1.54) is 22.3 Å². The lowest BCUT2D eigenvalue weighted by molar-refractivity contribution is 0.716. The molecule has 104 valence electrons. The Kier molecular flexibility index (Phi) is 4.33. The molecule has 2 aromatic rings. The van der Waals surface area contributed by atoms with Gasteiger partial charge in [-0.3, -0.25) is 0 Å². The van der Waals surface area contributed by atoms with E-state index in [-0.39, 0.29) is 6.04 Å². The van der Waals surface area contributed by atoms with Crippen molar-refractivity contribution in [1.82, 2.24) is 0 Å². The van der Waals surface area contributed by atoms with Gasteiger partial charge in [0.1, 0.15) is 6.04 Å². The molecule has 2 rings (SSSR count). The number of aryl methyl sites for hydroxylation is 4. The SMILES string of the molecule is Cc1ccc(CC(N=O)c2ccc(C)c(C)c2)cc1C. The molecule has 2 heteroatoms. The fraction of sp³-hybridized carbons (Fsp3) is 0.333. The van der Waals surface area contributed by atoms with Gasteiger partial charge in [0.25, 0.3) is 0 Å². The standard InChI is InChI=1S/C18H21NO/c1-12-5-7-16(9-14(12)3)11-18(19-20)17-8-6-13(2)15(4)10-17/h5-10,18H,11H2,1-4H3. The van der Waals surface area contributed by atoms with Gasteiger partial charge in [-0.1, -0.05) is 41.6 Å². The largest absolute Gasteiger partial charge is 0.150 e. The molecule has 0 heterocycles. The molecule has 0 amide bonds. The first-order chi connectivity index (χ1) is 9.51. The second-order valence-corrected chi connectivity index (χ2v) is 5.59. The van der Waals surface area contributed by atoms with Gasteiger partial charge in [0.2, 0.25) is 0 Å². The Morgan fingerprint density at radius 2 is 1.45 bits per heavy atom. The highest BCUT2D eigenvalue weighted by Crippen LogP contribution is 2.25. The molecule has 0 aromatic heterocycles. The maximum Gasteiger partial charge on any atom is 0.121 e. The van der Waals surface area contributed by atoms with Crippen LogP contribution in [-0.2, 0) is 6.42 Å². The first-order valence-electron chi connectivity index (χ1n) is 6.97. The Bertz CT molecular complexity index is 631. The van der Waals surface area contributed by atoms with Crippen LogP contribution >= 0.6 is 0 Å². The number of nitroso groups, excluding NO2 is 1. The predicted octanol–water partition coefficient (Wildman–Crippen LogP) is 4.97. The third kappa shape index (κ3) is 3.13. The molecule has 0 saturated heterocycles. The molecular formula is C18H21NO. The van der Waals surface area contributed by atoms with Crippen molar-refractivity contribution < 1.29 is 0 Å². The molecule has 2 nitrogen and oxygen atoms in total. The Morgan fingerprint density at radius 3 is 2.00 bits per heavy atom. The van der Waals surface area contributed by atoms with Crippen molar-refractivity contribution in [2.24, 2.45) is 5.18 Å². The smallest absolute Gasteiger partial charge is 0.121 e. The van der Waals surface area contributed by atoms with Gasteiger partial charge >= 0.3 is 0 Å². The first kappa shape index (κ1) is 14.4. The van der Waals surface area contributed by atoms with E-state index < -0.39 is 0 Å². The topological polar surface area (TPSA) is 29.4 Å². The number of hydrogen-bond acceptors (Lipinski definition) is 2. The van der Waals surface area contributed by atoms with Crippen molar-refractivity contribution in [2.75, 3.05) is 0 Å². The van der Waals surface area contributed by atoms with Crippen molar-refractivity contribution in [2.45, 2.75) is 40.2 Å². The summed E-state index contributed by atoms with van der Waals surface area (Å²) in [5.41, 5.74) is 7.14. The molecule has 0 bridgehead atoms. The predicted molar refractivity (Wildman–Crippen MR) is 84.1 cm³/mol. The van der Waals surface area contributed by atoms with Crippen molar-refractivity contribution in [1.29, 1.82) is 0 Å². The maximum atomic E-state index is 11.2. The molecule has 0 saturated carbocycles. The Balaban J connectivity index is 2.26. The van der Waals surface area contributed by atoms with Gasteiger partial charge < -0.3 is 0 Å². The summed E-state index contributed by atoms with van der Waals surface area (Å²) in [6, 6.07) is 12.2. The maximum absolute atomic E-state index is 11.2. The monoisotopic (exact) mass is 267 g/mol. The van der Waals surface area contributed by atoms with Gasteiger partial charge in [-0.15, -0.1) is 0 Å². The van der Waals surface area contributed by atoms with Crippen LogP contribution in [0, 0.1) is 32.6 Å². The third-order valence-corrected chi connectivity index (χ3v) is 4.04. The van der Waals surface area contributed by atoms with Gasteiger partial charge in [-0.05, 0) is 61.1 Å². The molecule has 1 unspecified atom stereocenters. The highest BCUT2D eigenvalue weighted by atomic mass is 16.3. The van der Waals surface area contributed by atoms with E-state index in [0.29, 0.717) is 6.42 Å². The molecule has 0 aliphatic carbocycles. The van der Waals surface area contributed by atoms with Gasteiger partial charge in [0.15, 0.2) is 0 Å². The highest BCUT2D eigenvalue weighted by molar-refractivity contribution is 5.34. The van der Waals surface area contributed by atoms with Crippen molar-refractivity contribution in [3.05, 3.63) is 74.7 Å². The lowest BCUT2D eigenvalue weighted by Gasteiger charge is -2.12. The highest BCUT2D eigenvalue weighted by Gasteiger charge is 2.13. The van der Waals surface area contributed by atoms with E-state index >= 15 is 0 Å². The van der Waals surface area contributed by atoms with E-state index in [2.05, 4.69) is 63.2 Å². The van der Waals surface area contributed by atoms with Crippen LogP contribution in [0.2, 0.25) is 0 Å². The van der Waals surface area contributed by atoms with Crippen molar-refractivity contribution in [3.8, 4) is 0 Å². The normalized spacial score (nSPS) is 12.2. The quantitative estimate of drug-likeness (QED) is 0.719. The fourth-order valence-electron chi connectivity index (χ4n) is 2.34. The average molecular weight is 267 g/mol. The summed E-state index contributed by atoms with van der Waals surface area (Å²) in [6.07, 6.45) is 0.660. The first-order valence-corrected chi connectivity index (χ1v) is 6.97.